The summed E-state index contributed by atoms with van der Waals surface area (Å²) >= 11 is 5.80. The van der Waals surface area contributed by atoms with E-state index in [1.807, 2.05) is 25.1 Å². The highest BCUT2D eigenvalue weighted by Crippen LogP contribution is 2.21. The fourth-order valence-corrected chi connectivity index (χ4v) is 1.21. The van der Waals surface area contributed by atoms with Crippen LogP contribution >= 0.6 is 11.6 Å². The minimum Gasteiger partial charge on any atom is -0.493 e. The Morgan fingerprint density at radius 1 is 1.42 bits per heavy atom. The molecule has 1 nitrogen and oxygen atoms in total. The normalized spacial score (nSPS) is 9.92. The summed E-state index contributed by atoms with van der Waals surface area (Å²) in [5.41, 5.74) is 1.09. The van der Waals surface area contributed by atoms with E-state index in [2.05, 4.69) is 6.92 Å². The van der Waals surface area contributed by atoms with Crippen LogP contribution in [0.25, 0.3) is 0 Å². The Balaban J connectivity index is 2.72. The van der Waals surface area contributed by atoms with Gasteiger partial charge in [0.2, 0.25) is 0 Å². The van der Waals surface area contributed by atoms with Gasteiger partial charge in [0.1, 0.15) is 5.75 Å². The topological polar surface area (TPSA) is 9.23 Å². The molecule has 0 heterocycles. The molecule has 66 valence electrons. The van der Waals surface area contributed by atoms with E-state index in [1.54, 1.807) is 0 Å². The van der Waals surface area contributed by atoms with Gasteiger partial charge in [-0.05, 0) is 37.1 Å². The molecule has 0 spiro atoms. The highest BCUT2D eigenvalue weighted by atomic mass is 35.5. The van der Waals surface area contributed by atoms with Crippen molar-refractivity contribution >= 4 is 11.6 Å². The van der Waals surface area contributed by atoms with Crippen molar-refractivity contribution in [1.29, 1.82) is 0 Å². The van der Waals surface area contributed by atoms with Crippen LogP contribution in [0.3, 0.4) is 0 Å². The van der Waals surface area contributed by atoms with E-state index < -0.39 is 0 Å². The molecule has 0 bridgehead atoms. The Kier molecular flexibility index (Phi) is 3.42. The Hall–Kier alpha value is -0.690. The maximum atomic E-state index is 5.80. The van der Waals surface area contributed by atoms with Crippen LogP contribution in [-0.2, 0) is 0 Å². The molecule has 1 aromatic rings. The fourth-order valence-electron chi connectivity index (χ4n) is 0.987. The summed E-state index contributed by atoms with van der Waals surface area (Å²) < 4.78 is 5.48. The highest BCUT2D eigenvalue weighted by molar-refractivity contribution is 6.30. The largest absolute Gasteiger partial charge is 0.493 e. The molecule has 0 aromatic heterocycles. The summed E-state index contributed by atoms with van der Waals surface area (Å²) in [6.07, 6.45) is 1.03. The van der Waals surface area contributed by atoms with Crippen molar-refractivity contribution in [3.63, 3.8) is 0 Å². The van der Waals surface area contributed by atoms with Crippen molar-refractivity contribution in [2.75, 3.05) is 6.61 Å². The molecular formula is C10H13ClO. The number of aryl methyl sites for hydroxylation is 1. The number of benzene rings is 1. The lowest BCUT2D eigenvalue weighted by molar-refractivity contribution is 0.315. The zero-order valence-corrected chi connectivity index (χ0v) is 8.19. The molecule has 1 rings (SSSR count). The van der Waals surface area contributed by atoms with Crippen LogP contribution in [0.2, 0.25) is 5.02 Å². The summed E-state index contributed by atoms with van der Waals surface area (Å²) in [6.45, 7) is 4.85. The number of rotatable bonds is 3. The maximum absolute atomic E-state index is 5.80. The van der Waals surface area contributed by atoms with Crippen LogP contribution in [0.1, 0.15) is 18.9 Å². The maximum Gasteiger partial charge on any atom is 0.122 e. The van der Waals surface area contributed by atoms with E-state index in [0.29, 0.717) is 0 Å². The Morgan fingerprint density at radius 3 is 2.75 bits per heavy atom. The smallest absolute Gasteiger partial charge is 0.122 e. The number of ether oxygens (including phenoxy) is 1. The molecule has 0 saturated heterocycles. The first-order valence-electron chi connectivity index (χ1n) is 4.13. The van der Waals surface area contributed by atoms with Gasteiger partial charge in [-0.2, -0.15) is 0 Å². The van der Waals surface area contributed by atoms with E-state index in [4.69, 9.17) is 16.3 Å². The molecule has 0 saturated carbocycles. The summed E-state index contributed by atoms with van der Waals surface area (Å²) in [5, 5.41) is 0.761. The second-order valence-corrected chi connectivity index (χ2v) is 3.19. The predicted octanol–water partition coefficient (Wildman–Crippen LogP) is 3.44. The third-order valence-electron chi connectivity index (χ3n) is 1.60. The average molecular weight is 185 g/mol. The van der Waals surface area contributed by atoms with Gasteiger partial charge in [0.25, 0.3) is 0 Å². The Morgan fingerprint density at radius 2 is 2.17 bits per heavy atom. The van der Waals surface area contributed by atoms with Gasteiger partial charge in [0.05, 0.1) is 6.61 Å². The molecule has 0 unspecified atom stereocenters. The van der Waals surface area contributed by atoms with Gasteiger partial charge in [-0.1, -0.05) is 18.5 Å². The molecule has 1 aromatic carbocycles. The zero-order valence-electron chi connectivity index (χ0n) is 7.43. The highest BCUT2D eigenvalue weighted by Gasteiger charge is 1.98. The molecule has 12 heavy (non-hydrogen) atoms. The van der Waals surface area contributed by atoms with Crippen LogP contribution in [0, 0.1) is 6.92 Å². The summed E-state index contributed by atoms with van der Waals surface area (Å²) in [5.74, 6) is 0.932. The van der Waals surface area contributed by atoms with Crippen molar-refractivity contribution in [3.05, 3.63) is 28.8 Å². The number of halogens is 1. The van der Waals surface area contributed by atoms with Crippen molar-refractivity contribution in [3.8, 4) is 5.75 Å². The minimum absolute atomic E-state index is 0.761. The Labute approximate surface area is 78.3 Å². The van der Waals surface area contributed by atoms with Crippen LogP contribution in [0.4, 0.5) is 0 Å². The molecule has 0 aliphatic carbocycles. The van der Waals surface area contributed by atoms with Gasteiger partial charge in [-0.25, -0.2) is 0 Å². The average Bonchev–Trinajstić information content (AvgIpc) is 2.03. The number of hydrogen-bond donors (Lipinski definition) is 0. The quantitative estimate of drug-likeness (QED) is 0.700. The standard InChI is InChI=1S/C10H13ClO/c1-3-6-12-10-5-4-9(11)7-8(10)2/h4-5,7H,3,6H2,1-2H3. The van der Waals surface area contributed by atoms with Gasteiger partial charge in [-0.3, -0.25) is 0 Å². The minimum atomic E-state index is 0.761. The summed E-state index contributed by atoms with van der Waals surface area (Å²) in [4.78, 5) is 0. The van der Waals surface area contributed by atoms with Crippen LogP contribution < -0.4 is 4.74 Å². The monoisotopic (exact) mass is 184 g/mol. The number of hydrogen-bond acceptors (Lipinski definition) is 1. The van der Waals surface area contributed by atoms with E-state index >= 15 is 0 Å². The lowest BCUT2D eigenvalue weighted by Gasteiger charge is -2.07. The van der Waals surface area contributed by atoms with Crippen molar-refractivity contribution in [2.45, 2.75) is 20.3 Å². The van der Waals surface area contributed by atoms with Gasteiger partial charge in [-0.15, -0.1) is 0 Å². The van der Waals surface area contributed by atoms with Gasteiger partial charge in [0, 0.05) is 5.02 Å². The predicted molar refractivity (Wildman–Crippen MR) is 52.0 cm³/mol. The SMILES string of the molecule is CCCOc1ccc(Cl)cc1C. The molecule has 0 amide bonds. The molecular weight excluding hydrogens is 172 g/mol. The first-order valence-corrected chi connectivity index (χ1v) is 4.50. The van der Waals surface area contributed by atoms with Gasteiger partial charge in [0.15, 0.2) is 0 Å². The summed E-state index contributed by atoms with van der Waals surface area (Å²) in [6, 6.07) is 5.67. The van der Waals surface area contributed by atoms with Gasteiger partial charge >= 0.3 is 0 Å². The lowest BCUT2D eigenvalue weighted by Crippen LogP contribution is -1.96. The van der Waals surface area contributed by atoms with E-state index in [9.17, 15) is 0 Å². The van der Waals surface area contributed by atoms with E-state index in [1.165, 1.54) is 0 Å². The molecule has 0 aliphatic rings. The molecule has 0 aliphatic heterocycles. The van der Waals surface area contributed by atoms with Crippen LogP contribution in [0.5, 0.6) is 5.75 Å². The zero-order chi connectivity index (χ0) is 8.97. The molecule has 0 radical (unpaired) electrons. The van der Waals surface area contributed by atoms with Crippen LogP contribution in [0.15, 0.2) is 18.2 Å². The third kappa shape index (κ3) is 2.42. The molecule has 0 N–H and O–H groups in total. The van der Waals surface area contributed by atoms with Crippen molar-refractivity contribution in [1.82, 2.24) is 0 Å². The van der Waals surface area contributed by atoms with Crippen molar-refractivity contribution in [2.24, 2.45) is 0 Å². The van der Waals surface area contributed by atoms with Crippen molar-refractivity contribution < 1.29 is 4.74 Å². The second-order valence-electron chi connectivity index (χ2n) is 2.76. The fraction of sp³-hybridized carbons (Fsp3) is 0.400. The first-order chi connectivity index (χ1) is 5.74. The molecule has 2 heteroatoms. The van der Waals surface area contributed by atoms with Crippen LogP contribution in [-0.4, -0.2) is 6.61 Å². The third-order valence-corrected chi connectivity index (χ3v) is 1.83. The molecule has 0 fully saturated rings. The first kappa shape index (κ1) is 9.40. The second kappa shape index (κ2) is 4.36. The molecule has 0 atom stereocenters. The summed E-state index contributed by atoms with van der Waals surface area (Å²) in [7, 11) is 0. The van der Waals surface area contributed by atoms with Gasteiger partial charge < -0.3 is 4.74 Å². The lowest BCUT2D eigenvalue weighted by atomic mass is 10.2. The van der Waals surface area contributed by atoms with E-state index in [-0.39, 0.29) is 0 Å². The Bertz CT molecular complexity index is 258. The van der Waals surface area contributed by atoms with E-state index in [0.717, 1.165) is 29.4 Å².